The second-order valence-electron chi connectivity index (χ2n) is 6.91. The Hall–Kier alpha value is -1.59. The highest BCUT2D eigenvalue weighted by Gasteiger charge is 2.09. The summed E-state index contributed by atoms with van der Waals surface area (Å²) in [5, 5.41) is 6.74. The molecule has 1 aliphatic rings. The lowest BCUT2D eigenvalue weighted by Gasteiger charge is -2.20. The molecule has 0 spiro atoms. The first-order valence-corrected chi connectivity index (χ1v) is 10.1. The van der Waals surface area contributed by atoms with Gasteiger partial charge in [0.1, 0.15) is 0 Å². The average molecular weight is 361 g/mol. The molecule has 0 aliphatic carbocycles. The number of likely N-dealkylation sites (tertiary alicyclic amines) is 1. The van der Waals surface area contributed by atoms with Crippen LogP contribution in [0.4, 0.5) is 0 Å². The average Bonchev–Trinajstić information content (AvgIpc) is 2.93. The largest absolute Gasteiger partial charge is 0.382 e. The summed E-state index contributed by atoms with van der Waals surface area (Å²) in [6.45, 7) is 8.79. The Morgan fingerprint density at radius 2 is 1.88 bits per heavy atom. The molecular weight excluding hydrogens is 324 g/mol. The monoisotopic (exact) mass is 360 g/mol. The van der Waals surface area contributed by atoms with Gasteiger partial charge in [-0.1, -0.05) is 37.1 Å². The van der Waals surface area contributed by atoms with Gasteiger partial charge >= 0.3 is 0 Å². The number of aliphatic imine (C=N–C) groups is 1. The number of ether oxygens (including phenoxy) is 1. The van der Waals surface area contributed by atoms with Gasteiger partial charge in [-0.2, -0.15) is 0 Å². The fraction of sp³-hybridized carbons (Fsp3) is 0.667. The van der Waals surface area contributed by atoms with Gasteiger partial charge in [-0.15, -0.1) is 0 Å². The first-order valence-electron chi connectivity index (χ1n) is 10.1. The first-order chi connectivity index (χ1) is 12.8. The van der Waals surface area contributed by atoms with Crippen LogP contribution in [0.5, 0.6) is 0 Å². The predicted molar refractivity (Wildman–Crippen MR) is 109 cm³/mol. The molecule has 1 aromatic carbocycles. The van der Waals surface area contributed by atoms with Gasteiger partial charge in [-0.05, 0) is 50.4 Å². The topological polar surface area (TPSA) is 48.9 Å². The van der Waals surface area contributed by atoms with E-state index in [1.807, 2.05) is 14.0 Å². The molecule has 0 atom stereocenters. The zero-order chi connectivity index (χ0) is 18.5. The summed E-state index contributed by atoms with van der Waals surface area (Å²) in [5.74, 6) is 0.847. The summed E-state index contributed by atoms with van der Waals surface area (Å²) in [5.41, 5.74) is 2.71. The molecule has 1 heterocycles. The number of nitrogens with one attached hydrogen (secondary N) is 2. The maximum atomic E-state index is 5.36. The molecule has 1 aromatic rings. The molecule has 0 aromatic heterocycles. The van der Waals surface area contributed by atoms with Gasteiger partial charge in [0.15, 0.2) is 5.96 Å². The maximum absolute atomic E-state index is 5.36. The Balaban J connectivity index is 1.76. The van der Waals surface area contributed by atoms with Crippen LogP contribution in [0.3, 0.4) is 0 Å². The van der Waals surface area contributed by atoms with Crippen LogP contribution in [0.15, 0.2) is 29.3 Å². The number of rotatable bonds is 9. The van der Waals surface area contributed by atoms with Crippen molar-refractivity contribution in [2.24, 2.45) is 4.99 Å². The van der Waals surface area contributed by atoms with E-state index in [0.717, 1.165) is 45.2 Å². The number of hydrogen-bond acceptors (Lipinski definition) is 3. The first kappa shape index (κ1) is 20.7. The van der Waals surface area contributed by atoms with Crippen LogP contribution in [0, 0.1) is 0 Å². The zero-order valence-electron chi connectivity index (χ0n) is 16.6. The van der Waals surface area contributed by atoms with E-state index in [1.165, 1.54) is 49.9 Å². The van der Waals surface area contributed by atoms with E-state index in [9.17, 15) is 0 Å². The minimum atomic E-state index is 0.779. The highest BCUT2D eigenvalue weighted by Crippen LogP contribution is 2.14. The van der Waals surface area contributed by atoms with E-state index in [4.69, 9.17) is 4.74 Å². The van der Waals surface area contributed by atoms with Crippen molar-refractivity contribution in [2.45, 2.75) is 52.1 Å². The minimum Gasteiger partial charge on any atom is -0.382 e. The van der Waals surface area contributed by atoms with E-state index in [1.54, 1.807) is 0 Å². The smallest absolute Gasteiger partial charge is 0.191 e. The summed E-state index contributed by atoms with van der Waals surface area (Å²) in [6.07, 6.45) is 6.44. The molecule has 1 aliphatic heterocycles. The van der Waals surface area contributed by atoms with E-state index < -0.39 is 0 Å². The summed E-state index contributed by atoms with van der Waals surface area (Å²) < 4.78 is 5.36. The zero-order valence-corrected chi connectivity index (χ0v) is 16.6. The Labute approximate surface area is 159 Å². The summed E-state index contributed by atoms with van der Waals surface area (Å²) in [6, 6.07) is 8.92. The quantitative estimate of drug-likeness (QED) is 0.403. The molecule has 26 heavy (non-hydrogen) atoms. The molecule has 0 bridgehead atoms. The van der Waals surface area contributed by atoms with Gasteiger partial charge in [-0.25, -0.2) is 0 Å². The molecule has 146 valence electrons. The third kappa shape index (κ3) is 8.19. The maximum Gasteiger partial charge on any atom is 0.191 e. The lowest BCUT2D eigenvalue weighted by molar-refractivity contribution is 0.145. The molecule has 0 amide bonds. The van der Waals surface area contributed by atoms with Gasteiger partial charge in [0.25, 0.3) is 0 Å². The predicted octanol–water partition coefficient (Wildman–Crippen LogP) is 3.15. The minimum absolute atomic E-state index is 0.779. The van der Waals surface area contributed by atoms with Crippen molar-refractivity contribution in [3.8, 4) is 0 Å². The second-order valence-corrected chi connectivity index (χ2v) is 6.91. The highest BCUT2D eigenvalue weighted by atomic mass is 16.5. The van der Waals surface area contributed by atoms with Crippen LogP contribution in [0.1, 0.15) is 50.2 Å². The third-order valence-corrected chi connectivity index (χ3v) is 4.74. The van der Waals surface area contributed by atoms with Gasteiger partial charge in [0.05, 0.1) is 0 Å². The normalized spacial score (nSPS) is 16.3. The number of nitrogens with zero attached hydrogens (tertiary/aromatic N) is 2. The summed E-state index contributed by atoms with van der Waals surface area (Å²) >= 11 is 0. The third-order valence-electron chi connectivity index (χ3n) is 4.74. The fourth-order valence-corrected chi connectivity index (χ4v) is 3.32. The second kappa shape index (κ2) is 12.7. The Morgan fingerprint density at radius 3 is 2.62 bits per heavy atom. The SMILES string of the molecule is CCOCCCNC(=NC)NCc1cccc(CN2CCCCCC2)c1. The van der Waals surface area contributed by atoms with Crippen LogP contribution < -0.4 is 10.6 Å². The van der Waals surface area contributed by atoms with Crippen LogP contribution in [0.2, 0.25) is 0 Å². The van der Waals surface area contributed by atoms with Gasteiger partial charge in [0.2, 0.25) is 0 Å². The van der Waals surface area contributed by atoms with E-state index >= 15 is 0 Å². The Bertz CT molecular complexity index is 524. The molecule has 5 nitrogen and oxygen atoms in total. The van der Waals surface area contributed by atoms with Crippen molar-refractivity contribution in [1.29, 1.82) is 0 Å². The van der Waals surface area contributed by atoms with Crippen molar-refractivity contribution in [1.82, 2.24) is 15.5 Å². The van der Waals surface area contributed by atoms with Crippen LogP contribution in [-0.4, -0.2) is 50.8 Å². The van der Waals surface area contributed by atoms with E-state index in [2.05, 4.69) is 44.8 Å². The molecule has 0 unspecified atom stereocenters. The molecule has 2 rings (SSSR count). The molecule has 0 radical (unpaired) electrons. The molecule has 0 saturated carbocycles. The van der Waals surface area contributed by atoms with Crippen LogP contribution >= 0.6 is 0 Å². The van der Waals surface area contributed by atoms with Crippen molar-refractivity contribution in [2.75, 3.05) is 39.9 Å². The highest BCUT2D eigenvalue weighted by molar-refractivity contribution is 5.79. The van der Waals surface area contributed by atoms with Gasteiger partial charge < -0.3 is 15.4 Å². The van der Waals surface area contributed by atoms with Crippen molar-refractivity contribution >= 4 is 5.96 Å². The fourth-order valence-electron chi connectivity index (χ4n) is 3.32. The van der Waals surface area contributed by atoms with Crippen molar-refractivity contribution in [3.05, 3.63) is 35.4 Å². The van der Waals surface area contributed by atoms with Crippen LogP contribution in [-0.2, 0) is 17.8 Å². The Morgan fingerprint density at radius 1 is 1.12 bits per heavy atom. The van der Waals surface area contributed by atoms with Crippen molar-refractivity contribution < 1.29 is 4.74 Å². The number of guanidine groups is 1. The summed E-state index contributed by atoms with van der Waals surface area (Å²) in [4.78, 5) is 6.89. The molecule has 1 fully saturated rings. The van der Waals surface area contributed by atoms with Crippen LogP contribution in [0.25, 0.3) is 0 Å². The van der Waals surface area contributed by atoms with Gasteiger partial charge in [-0.3, -0.25) is 9.89 Å². The summed E-state index contributed by atoms with van der Waals surface area (Å²) in [7, 11) is 1.81. The van der Waals surface area contributed by atoms with E-state index in [0.29, 0.717) is 0 Å². The number of benzene rings is 1. The molecule has 1 saturated heterocycles. The van der Waals surface area contributed by atoms with E-state index in [-0.39, 0.29) is 0 Å². The molecule has 5 heteroatoms. The Kier molecular flexibility index (Phi) is 10.1. The standard InChI is InChI=1S/C21H36N4O/c1-3-26-15-9-12-23-21(22-2)24-17-19-10-8-11-20(16-19)18-25-13-6-4-5-7-14-25/h8,10-11,16H,3-7,9,12-15,17-18H2,1-2H3,(H2,22,23,24). The number of hydrogen-bond donors (Lipinski definition) is 2. The molecule has 2 N–H and O–H groups in total. The van der Waals surface area contributed by atoms with Crippen molar-refractivity contribution in [3.63, 3.8) is 0 Å². The van der Waals surface area contributed by atoms with Gasteiger partial charge in [0, 0.05) is 39.9 Å². The lowest BCUT2D eigenvalue weighted by atomic mass is 10.1. The lowest BCUT2D eigenvalue weighted by Crippen LogP contribution is -2.37. The molecular formula is C21H36N4O.